The number of non-ortho nitro benzene ring substituents is 1. The van der Waals surface area contributed by atoms with E-state index in [-0.39, 0.29) is 29.6 Å². The molecule has 0 bridgehead atoms. The maximum Gasteiger partial charge on any atom is 0.273 e. The van der Waals surface area contributed by atoms with Crippen LogP contribution in [-0.2, 0) is 4.79 Å². The molecule has 0 aliphatic carbocycles. The van der Waals surface area contributed by atoms with Crippen LogP contribution in [0.25, 0.3) is 5.69 Å². The van der Waals surface area contributed by atoms with Gasteiger partial charge in [-0.1, -0.05) is 31.5 Å². The average Bonchev–Trinajstić information content (AvgIpc) is 3.48. The van der Waals surface area contributed by atoms with Gasteiger partial charge in [0.05, 0.1) is 52.3 Å². The average molecular weight is 619 g/mol. The molecule has 12 heteroatoms. The molecule has 4 aromatic rings. The Morgan fingerprint density at radius 1 is 1.16 bits per heavy atom. The summed E-state index contributed by atoms with van der Waals surface area (Å²) in [6.45, 7) is 7.60. The largest absolute Gasteiger partial charge is 0.494 e. The first-order valence-electron chi connectivity index (χ1n) is 13.6. The zero-order valence-corrected chi connectivity index (χ0v) is 25.9. The first-order valence-corrected chi connectivity index (χ1v) is 14.4. The normalized spacial score (nSPS) is 16.3. The highest BCUT2D eigenvalue weighted by atomic mass is 35.5. The number of rotatable bonds is 8. The van der Waals surface area contributed by atoms with E-state index in [0.717, 1.165) is 28.3 Å². The Labute approximate surface area is 259 Å². The molecule has 43 heavy (non-hydrogen) atoms. The number of nitrogens with zero attached hydrogens (tertiary/aromatic N) is 4. The van der Waals surface area contributed by atoms with Crippen molar-refractivity contribution in [2.24, 2.45) is 5.92 Å². The summed E-state index contributed by atoms with van der Waals surface area (Å²) in [5.74, 6) is 0.0565. The Morgan fingerprint density at radius 3 is 2.56 bits per heavy atom. The fourth-order valence-corrected chi connectivity index (χ4v) is 5.97. The number of halogens is 1. The molecular weight excluding hydrogens is 588 g/mol. The molecule has 10 nitrogen and oxygen atoms in total. The SMILES string of the molecule is COc1cc([N+](=O)[O-])ccc1-n1c(C)cc([C@@H]2[C@@H](c3ccccn3)NC(=S)N2c2ccc(NC(=O)C(C)C)c(Cl)c2)c1C. The van der Waals surface area contributed by atoms with Gasteiger partial charge in [0.15, 0.2) is 5.11 Å². The highest BCUT2D eigenvalue weighted by Gasteiger charge is 2.42. The highest BCUT2D eigenvalue weighted by molar-refractivity contribution is 7.80. The number of anilines is 2. The van der Waals surface area contributed by atoms with Crippen LogP contribution in [-0.4, -0.2) is 32.6 Å². The minimum Gasteiger partial charge on any atom is -0.494 e. The monoisotopic (exact) mass is 618 g/mol. The molecule has 3 heterocycles. The van der Waals surface area contributed by atoms with Crippen LogP contribution in [0.2, 0.25) is 5.02 Å². The third-order valence-electron chi connectivity index (χ3n) is 7.52. The van der Waals surface area contributed by atoms with Gasteiger partial charge in [-0.25, -0.2) is 0 Å². The summed E-state index contributed by atoms with van der Waals surface area (Å²) in [6, 6.07) is 17.2. The number of pyridine rings is 1. The Hall–Kier alpha value is -4.48. The van der Waals surface area contributed by atoms with Crippen molar-refractivity contribution in [3.63, 3.8) is 0 Å². The van der Waals surface area contributed by atoms with Crippen LogP contribution in [0.15, 0.2) is 66.9 Å². The van der Waals surface area contributed by atoms with Gasteiger partial charge < -0.3 is 24.8 Å². The molecule has 1 aliphatic rings. The van der Waals surface area contributed by atoms with Gasteiger partial charge in [-0.2, -0.15) is 0 Å². The number of nitrogens with one attached hydrogen (secondary N) is 2. The zero-order chi connectivity index (χ0) is 31.0. The fraction of sp³-hybridized carbons (Fsp3) is 0.258. The van der Waals surface area contributed by atoms with Gasteiger partial charge in [-0.3, -0.25) is 19.9 Å². The quantitative estimate of drug-likeness (QED) is 0.125. The number of nitro groups is 1. The van der Waals surface area contributed by atoms with E-state index >= 15 is 0 Å². The van der Waals surface area contributed by atoms with Crippen molar-refractivity contribution in [3.05, 3.63) is 105 Å². The molecule has 0 spiro atoms. The molecule has 5 rings (SSSR count). The van der Waals surface area contributed by atoms with Crippen LogP contribution >= 0.6 is 23.8 Å². The Balaban J connectivity index is 1.64. The number of amides is 1. The number of aryl methyl sites for hydroxylation is 1. The molecule has 1 amide bonds. The fourth-order valence-electron chi connectivity index (χ4n) is 5.40. The lowest BCUT2D eigenvalue weighted by atomic mass is 9.96. The van der Waals surface area contributed by atoms with Gasteiger partial charge >= 0.3 is 0 Å². The number of methoxy groups -OCH3 is 1. The molecular formula is C31H31ClN6O4S. The summed E-state index contributed by atoms with van der Waals surface area (Å²) in [6.07, 6.45) is 1.74. The van der Waals surface area contributed by atoms with Crippen molar-refractivity contribution in [2.75, 3.05) is 17.3 Å². The van der Waals surface area contributed by atoms with Crippen LogP contribution in [0.3, 0.4) is 0 Å². The van der Waals surface area contributed by atoms with E-state index < -0.39 is 4.92 Å². The molecule has 1 saturated heterocycles. The first-order chi connectivity index (χ1) is 20.5. The minimum absolute atomic E-state index is 0.0556. The number of benzene rings is 2. The number of aromatic nitrogens is 2. The zero-order valence-electron chi connectivity index (χ0n) is 24.3. The van der Waals surface area contributed by atoms with E-state index in [4.69, 9.17) is 28.6 Å². The van der Waals surface area contributed by atoms with Crippen LogP contribution in [0.5, 0.6) is 5.75 Å². The van der Waals surface area contributed by atoms with E-state index in [2.05, 4.69) is 21.7 Å². The van der Waals surface area contributed by atoms with Gasteiger partial charge in [-0.05, 0) is 74.1 Å². The molecule has 1 aliphatic heterocycles. The lowest BCUT2D eigenvalue weighted by Crippen LogP contribution is -2.29. The molecule has 2 aromatic carbocycles. The molecule has 2 atom stereocenters. The van der Waals surface area contributed by atoms with Crippen molar-refractivity contribution >= 4 is 51.9 Å². The summed E-state index contributed by atoms with van der Waals surface area (Å²) in [5, 5.41) is 18.6. The van der Waals surface area contributed by atoms with E-state index in [1.54, 1.807) is 24.4 Å². The number of ether oxygens (including phenoxy) is 1. The number of carbonyl (C=O) groups is 1. The topological polar surface area (TPSA) is 115 Å². The van der Waals surface area contributed by atoms with Gasteiger partial charge in [-0.15, -0.1) is 0 Å². The van der Waals surface area contributed by atoms with Crippen molar-refractivity contribution in [1.29, 1.82) is 0 Å². The third kappa shape index (κ3) is 5.65. The Bertz CT molecular complexity index is 1720. The molecule has 0 saturated carbocycles. The summed E-state index contributed by atoms with van der Waals surface area (Å²) in [4.78, 5) is 29.9. The second-order valence-corrected chi connectivity index (χ2v) is 11.4. The molecule has 222 valence electrons. The van der Waals surface area contributed by atoms with E-state index in [0.29, 0.717) is 27.3 Å². The van der Waals surface area contributed by atoms with E-state index in [9.17, 15) is 14.9 Å². The maximum atomic E-state index is 12.3. The van der Waals surface area contributed by atoms with Crippen molar-refractivity contribution < 1.29 is 14.5 Å². The minimum atomic E-state index is -0.446. The number of hydrogen-bond acceptors (Lipinski definition) is 6. The summed E-state index contributed by atoms with van der Waals surface area (Å²) >= 11 is 12.6. The van der Waals surface area contributed by atoms with E-state index in [1.165, 1.54) is 19.2 Å². The number of thiocarbonyl (C=S) groups is 1. The predicted molar refractivity (Wildman–Crippen MR) is 171 cm³/mol. The molecule has 2 aromatic heterocycles. The van der Waals surface area contributed by atoms with Crippen molar-refractivity contribution in [1.82, 2.24) is 14.9 Å². The van der Waals surface area contributed by atoms with Gasteiger partial charge in [0.25, 0.3) is 5.69 Å². The van der Waals surface area contributed by atoms with Gasteiger partial charge in [0.2, 0.25) is 5.91 Å². The van der Waals surface area contributed by atoms with Crippen LogP contribution < -0.4 is 20.3 Å². The number of carbonyl (C=O) groups excluding carboxylic acids is 1. The lowest BCUT2D eigenvalue weighted by Gasteiger charge is -2.28. The smallest absolute Gasteiger partial charge is 0.273 e. The van der Waals surface area contributed by atoms with Crippen LogP contribution in [0.4, 0.5) is 17.1 Å². The first kappa shape index (κ1) is 30.0. The molecule has 0 unspecified atom stereocenters. The second-order valence-electron chi connectivity index (χ2n) is 10.6. The van der Waals surface area contributed by atoms with E-state index in [1.807, 2.05) is 61.4 Å². The molecule has 2 N–H and O–H groups in total. The Kier molecular flexibility index (Phi) is 8.38. The highest BCUT2D eigenvalue weighted by Crippen LogP contribution is 2.45. The lowest BCUT2D eigenvalue weighted by molar-refractivity contribution is -0.384. The maximum absolute atomic E-state index is 12.3. The van der Waals surface area contributed by atoms with Crippen molar-refractivity contribution in [3.8, 4) is 11.4 Å². The molecule has 0 radical (unpaired) electrons. The molecule has 1 fully saturated rings. The van der Waals surface area contributed by atoms with Crippen LogP contribution in [0.1, 0.15) is 48.6 Å². The number of nitro benzene ring substituents is 1. The number of hydrogen-bond donors (Lipinski definition) is 2. The van der Waals surface area contributed by atoms with Crippen molar-refractivity contribution in [2.45, 2.75) is 39.8 Å². The predicted octanol–water partition coefficient (Wildman–Crippen LogP) is 6.83. The summed E-state index contributed by atoms with van der Waals surface area (Å²) in [7, 11) is 1.49. The standard InChI is InChI=1S/C31H31ClN6O4S/c1-17(2)30(39)34-24-11-9-20(15-23(24)32)37-29(28(35-31(37)43)25-8-6-7-13-33-25)22-14-18(3)36(19(22)4)26-12-10-21(38(40)41)16-27(26)42-5/h6-17,28-29H,1-5H3,(H,34,39)(H,35,43)/t28-,29-/m1/s1. The Morgan fingerprint density at radius 2 is 1.93 bits per heavy atom. The summed E-state index contributed by atoms with van der Waals surface area (Å²) < 4.78 is 7.59. The van der Waals surface area contributed by atoms with Crippen LogP contribution in [0, 0.1) is 29.9 Å². The summed E-state index contributed by atoms with van der Waals surface area (Å²) in [5.41, 5.74) is 5.46. The third-order valence-corrected chi connectivity index (χ3v) is 8.14. The van der Waals surface area contributed by atoms with Gasteiger partial charge in [0.1, 0.15) is 5.75 Å². The van der Waals surface area contributed by atoms with Gasteiger partial charge in [0, 0.05) is 35.3 Å². The second kappa shape index (κ2) is 12.0.